The van der Waals surface area contributed by atoms with Crippen molar-refractivity contribution in [1.82, 2.24) is 10.5 Å². The van der Waals surface area contributed by atoms with E-state index < -0.39 is 0 Å². The van der Waals surface area contributed by atoms with Gasteiger partial charge in [-0.1, -0.05) is 0 Å². The molecule has 0 amide bonds. The number of aliphatic imine (C=N–C) groups is 1. The third-order valence-electron chi connectivity index (χ3n) is 1.96. The van der Waals surface area contributed by atoms with E-state index in [0.29, 0.717) is 0 Å². The molecule has 1 atom stereocenters. The number of hydrogen-bond acceptors (Lipinski definition) is 4. The van der Waals surface area contributed by atoms with Gasteiger partial charge in [0.15, 0.2) is 6.17 Å². The minimum Gasteiger partial charge on any atom is -0.266 e. The highest BCUT2D eigenvalue weighted by molar-refractivity contribution is 6.05. The molecule has 1 N–H and O–H groups in total. The maximum absolute atomic E-state index is 4.42. The number of allylic oxidation sites excluding steroid dienone is 1. The molecule has 2 rings (SSSR count). The lowest BCUT2D eigenvalue weighted by Gasteiger charge is -2.29. The number of nitrogens with zero attached hydrogens (tertiary/aromatic N) is 3. The Labute approximate surface area is 78.0 Å². The van der Waals surface area contributed by atoms with Gasteiger partial charge in [0.05, 0.1) is 5.54 Å². The quantitative estimate of drug-likeness (QED) is 0.599. The summed E-state index contributed by atoms with van der Waals surface area (Å²) in [5.41, 5.74) is 4.19. The van der Waals surface area contributed by atoms with Crippen molar-refractivity contribution >= 4 is 11.9 Å². The highest BCUT2D eigenvalue weighted by atomic mass is 15.8. The first kappa shape index (κ1) is 8.44. The predicted octanol–water partition coefficient (Wildman–Crippen LogP) is 0.928. The molecule has 2 aliphatic rings. The van der Waals surface area contributed by atoms with Crippen molar-refractivity contribution in [3.63, 3.8) is 0 Å². The average molecular weight is 178 g/mol. The summed E-state index contributed by atoms with van der Waals surface area (Å²) < 4.78 is 0. The third-order valence-corrected chi connectivity index (χ3v) is 1.96. The first-order chi connectivity index (χ1) is 6.07. The van der Waals surface area contributed by atoms with Crippen molar-refractivity contribution < 1.29 is 0 Å². The van der Waals surface area contributed by atoms with Gasteiger partial charge >= 0.3 is 0 Å². The van der Waals surface area contributed by atoms with Crippen LogP contribution in [0.1, 0.15) is 20.8 Å². The van der Waals surface area contributed by atoms with Crippen LogP contribution in [0.25, 0.3) is 0 Å². The molecule has 0 radical (unpaired) electrons. The van der Waals surface area contributed by atoms with E-state index in [1.807, 2.05) is 17.3 Å². The van der Waals surface area contributed by atoms with Crippen LogP contribution in [0.3, 0.4) is 0 Å². The molecule has 0 saturated heterocycles. The van der Waals surface area contributed by atoms with Gasteiger partial charge in [-0.2, -0.15) is 10.5 Å². The summed E-state index contributed by atoms with van der Waals surface area (Å²) in [5.74, 6) is 0. The van der Waals surface area contributed by atoms with Gasteiger partial charge in [0.2, 0.25) is 0 Å². The Morgan fingerprint density at radius 2 is 2.23 bits per heavy atom. The van der Waals surface area contributed by atoms with Crippen LogP contribution in [0.15, 0.2) is 22.2 Å². The van der Waals surface area contributed by atoms with E-state index in [2.05, 4.69) is 36.3 Å². The molecule has 0 aromatic carbocycles. The molecule has 0 bridgehead atoms. The fourth-order valence-corrected chi connectivity index (χ4v) is 1.24. The Kier molecular flexibility index (Phi) is 1.73. The van der Waals surface area contributed by atoms with Crippen molar-refractivity contribution in [3.8, 4) is 0 Å². The van der Waals surface area contributed by atoms with Crippen molar-refractivity contribution in [2.45, 2.75) is 32.5 Å². The molecular weight excluding hydrogens is 164 g/mol. The SMILES string of the molecule is CC(C)(C)N1N=C2C=CC=NC2N1. The van der Waals surface area contributed by atoms with Crippen molar-refractivity contribution in [2.24, 2.45) is 10.1 Å². The van der Waals surface area contributed by atoms with Gasteiger partial charge in [-0.15, -0.1) is 0 Å². The standard InChI is InChI=1S/C9H14N4/c1-9(2,3)13-11-7-5-4-6-10-8(7)12-13/h4-6,8,12H,1-3H3. The molecule has 4 nitrogen and oxygen atoms in total. The summed E-state index contributed by atoms with van der Waals surface area (Å²) in [7, 11) is 0. The summed E-state index contributed by atoms with van der Waals surface area (Å²) in [5, 5.41) is 6.28. The summed E-state index contributed by atoms with van der Waals surface area (Å²) in [6, 6.07) is 0. The number of hydrazone groups is 1. The van der Waals surface area contributed by atoms with Crippen LogP contribution in [-0.4, -0.2) is 28.7 Å². The van der Waals surface area contributed by atoms with Gasteiger partial charge in [0, 0.05) is 6.21 Å². The first-order valence-corrected chi connectivity index (χ1v) is 4.42. The summed E-state index contributed by atoms with van der Waals surface area (Å²) in [6.45, 7) is 6.32. The maximum Gasteiger partial charge on any atom is 0.162 e. The minimum absolute atomic E-state index is 0.00625. The van der Waals surface area contributed by atoms with E-state index in [4.69, 9.17) is 0 Å². The molecule has 13 heavy (non-hydrogen) atoms. The lowest BCUT2D eigenvalue weighted by molar-refractivity contribution is 0.0875. The Bertz CT molecular complexity index is 295. The van der Waals surface area contributed by atoms with Crippen LogP contribution >= 0.6 is 0 Å². The zero-order chi connectivity index (χ0) is 9.47. The van der Waals surface area contributed by atoms with Gasteiger partial charge in [-0.25, -0.2) is 5.12 Å². The minimum atomic E-state index is -0.00625. The molecule has 1 unspecified atom stereocenters. The summed E-state index contributed by atoms with van der Waals surface area (Å²) in [6.07, 6.45) is 5.70. The Morgan fingerprint density at radius 3 is 2.85 bits per heavy atom. The van der Waals surface area contributed by atoms with E-state index in [1.54, 1.807) is 6.21 Å². The molecule has 4 heteroatoms. The van der Waals surface area contributed by atoms with Crippen LogP contribution in [-0.2, 0) is 0 Å². The zero-order valence-electron chi connectivity index (χ0n) is 8.15. The molecule has 0 aromatic rings. The largest absolute Gasteiger partial charge is 0.266 e. The molecular formula is C9H14N4. The van der Waals surface area contributed by atoms with Gasteiger partial charge in [-0.05, 0) is 32.9 Å². The summed E-state index contributed by atoms with van der Waals surface area (Å²) in [4.78, 5) is 4.26. The van der Waals surface area contributed by atoms with Gasteiger partial charge < -0.3 is 0 Å². The fraction of sp³-hybridized carbons (Fsp3) is 0.556. The van der Waals surface area contributed by atoms with E-state index >= 15 is 0 Å². The first-order valence-electron chi connectivity index (χ1n) is 4.42. The highest BCUT2D eigenvalue weighted by Crippen LogP contribution is 2.18. The van der Waals surface area contributed by atoms with E-state index in [-0.39, 0.29) is 11.7 Å². The monoisotopic (exact) mass is 178 g/mol. The molecule has 0 spiro atoms. The second-order valence-corrected chi connectivity index (χ2v) is 4.20. The number of nitrogens with one attached hydrogen (secondary N) is 1. The number of rotatable bonds is 0. The lowest BCUT2D eigenvalue weighted by atomic mass is 10.1. The molecule has 70 valence electrons. The Hall–Kier alpha value is -1.16. The Balaban J connectivity index is 2.21. The average Bonchev–Trinajstić information content (AvgIpc) is 2.45. The Morgan fingerprint density at radius 1 is 1.46 bits per heavy atom. The zero-order valence-corrected chi connectivity index (χ0v) is 8.15. The summed E-state index contributed by atoms with van der Waals surface area (Å²) >= 11 is 0. The normalized spacial score (nSPS) is 26.2. The van der Waals surface area contributed by atoms with Crippen molar-refractivity contribution in [3.05, 3.63) is 12.2 Å². The van der Waals surface area contributed by atoms with Crippen molar-refractivity contribution in [1.29, 1.82) is 0 Å². The molecule has 0 aliphatic carbocycles. The van der Waals surface area contributed by atoms with E-state index in [9.17, 15) is 0 Å². The molecule has 2 heterocycles. The number of hydrogen-bond donors (Lipinski definition) is 1. The molecule has 2 aliphatic heterocycles. The van der Waals surface area contributed by atoms with Crippen molar-refractivity contribution in [2.75, 3.05) is 0 Å². The highest BCUT2D eigenvalue weighted by Gasteiger charge is 2.30. The number of dihydropyridines is 1. The smallest absolute Gasteiger partial charge is 0.162 e. The van der Waals surface area contributed by atoms with Crippen LogP contribution < -0.4 is 5.43 Å². The van der Waals surface area contributed by atoms with Crippen LogP contribution in [0.5, 0.6) is 0 Å². The molecule has 0 fully saturated rings. The van der Waals surface area contributed by atoms with Crippen LogP contribution in [0.2, 0.25) is 0 Å². The van der Waals surface area contributed by atoms with Crippen LogP contribution in [0, 0.1) is 0 Å². The lowest BCUT2D eigenvalue weighted by Crippen LogP contribution is -2.47. The van der Waals surface area contributed by atoms with Crippen LogP contribution in [0.4, 0.5) is 0 Å². The number of fused-ring (bicyclic) bond motifs is 1. The predicted molar refractivity (Wildman–Crippen MR) is 53.6 cm³/mol. The third kappa shape index (κ3) is 1.49. The molecule has 0 aromatic heterocycles. The van der Waals surface area contributed by atoms with Gasteiger partial charge in [-0.3, -0.25) is 4.99 Å². The van der Waals surface area contributed by atoms with Gasteiger partial charge in [0.25, 0.3) is 0 Å². The molecule has 0 saturated carbocycles. The van der Waals surface area contributed by atoms with E-state index in [1.165, 1.54) is 0 Å². The van der Waals surface area contributed by atoms with Gasteiger partial charge in [0.1, 0.15) is 5.71 Å². The maximum atomic E-state index is 4.42. The van der Waals surface area contributed by atoms with E-state index in [0.717, 1.165) is 5.71 Å². The second kappa shape index (κ2) is 2.67. The second-order valence-electron chi connectivity index (χ2n) is 4.20. The number of hydrazine groups is 1. The topological polar surface area (TPSA) is 40.0 Å². The fourth-order valence-electron chi connectivity index (χ4n) is 1.24.